The van der Waals surface area contributed by atoms with Gasteiger partial charge in [0.25, 0.3) is 0 Å². The third-order valence-electron chi connectivity index (χ3n) is 2.58. The highest BCUT2D eigenvalue weighted by molar-refractivity contribution is 6.30. The van der Waals surface area contributed by atoms with Crippen molar-refractivity contribution in [2.75, 3.05) is 11.9 Å². The van der Waals surface area contributed by atoms with Gasteiger partial charge in [-0.15, -0.1) is 0 Å². The van der Waals surface area contributed by atoms with Gasteiger partial charge in [0, 0.05) is 22.8 Å². The number of rotatable bonds is 5. The van der Waals surface area contributed by atoms with Gasteiger partial charge in [0.1, 0.15) is 5.75 Å². The van der Waals surface area contributed by atoms with Crippen LogP contribution >= 0.6 is 11.6 Å². The Hall–Kier alpha value is -1.67. The summed E-state index contributed by atoms with van der Waals surface area (Å²) in [5, 5.41) is 4.07. The van der Waals surface area contributed by atoms with Gasteiger partial charge in [0.05, 0.1) is 6.61 Å². The summed E-state index contributed by atoms with van der Waals surface area (Å²) in [6.45, 7) is 3.32. The molecule has 1 N–H and O–H groups in total. The van der Waals surface area contributed by atoms with Crippen LogP contribution in [0.1, 0.15) is 12.5 Å². The number of nitrogens with one attached hydrogen (secondary N) is 1. The van der Waals surface area contributed by atoms with Gasteiger partial charge in [-0.1, -0.05) is 29.8 Å². The minimum atomic E-state index is 0.653. The zero-order chi connectivity index (χ0) is 12.8. The van der Waals surface area contributed by atoms with Gasteiger partial charge in [-0.3, -0.25) is 0 Å². The first kappa shape index (κ1) is 12.8. The fraction of sp³-hybridized carbons (Fsp3) is 0.200. The second-order valence-electron chi connectivity index (χ2n) is 3.90. The molecule has 0 bridgehead atoms. The van der Waals surface area contributed by atoms with E-state index in [0.29, 0.717) is 13.2 Å². The smallest absolute Gasteiger partial charge is 0.124 e. The van der Waals surface area contributed by atoms with Crippen LogP contribution < -0.4 is 10.1 Å². The molecule has 0 aliphatic carbocycles. The minimum absolute atomic E-state index is 0.653. The van der Waals surface area contributed by atoms with E-state index in [-0.39, 0.29) is 0 Å². The summed E-state index contributed by atoms with van der Waals surface area (Å²) >= 11 is 6.02. The lowest BCUT2D eigenvalue weighted by Gasteiger charge is -2.12. The van der Waals surface area contributed by atoms with Crippen molar-refractivity contribution < 1.29 is 4.74 Å². The Kier molecular flexibility index (Phi) is 4.48. The fourth-order valence-electron chi connectivity index (χ4n) is 1.74. The lowest BCUT2D eigenvalue weighted by Crippen LogP contribution is -2.03. The number of hydrogen-bond donors (Lipinski definition) is 1. The van der Waals surface area contributed by atoms with E-state index in [2.05, 4.69) is 5.32 Å². The third kappa shape index (κ3) is 3.41. The van der Waals surface area contributed by atoms with E-state index in [1.807, 2.05) is 55.5 Å². The van der Waals surface area contributed by atoms with Crippen molar-refractivity contribution in [3.05, 3.63) is 59.1 Å². The first-order valence-electron chi connectivity index (χ1n) is 5.99. The van der Waals surface area contributed by atoms with E-state index in [9.17, 15) is 0 Å². The molecule has 0 saturated heterocycles. The van der Waals surface area contributed by atoms with E-state index < -0.39 is 0 Å². The van der Waals surface area contributed by atoms with Gasteiger partial charge >= 0.3 is 0 Å². The van der Waals surface area contributed by atoms with Crippen molar-refractivity contribution in [3.63, 3.8) is 0 Å². The Bertz CT molecular complexity index is 499. The summed E-state index contributed by atoms with van der Waals surface area (Å²) in [5.74, 6) is 0.880. The quantitative estimate of drug-likeness (QED) is 0.864. The van der Waals surface area contributed by atoms with Crippen molar-refractivity contribution >= 4 is 17.3 Å². The Balaban J connectivity index is 2.10. The van der Waals surface area contributed by atoms with Crippen LogP contribution in [-0.2, 0) is 6.54 Å². The summed E-state index contributed by atoms with van der Waals surface area (Å²) in [6.07, 6.45) is 0. The molecule has 2 nitrogen and oxygen atoms in total. The summed E-state index contributed by atoms with van der Waals surface area (Å²) < 4.78 is 5.58. The topological polar surface area (TPSA) is 21.3 Å². The van der Waals surface area contributed by atoms with Crippen LogP contribution in [0.2, 0.25) is 5.02 Å². The highest BCUT2D eigenvalue weighted by Crippen LogP contribution is 2.24. The molecular weight excluding hydrogens is 246 g/mol. The molecule has 0 saturated carbocycles. The molecule has 2 aromatic carbocycles. The Morgan fingerprint density at radius 3 is 2.61 bits per heavy atom. The number of halogens is 1. The maximum Gasteiger partial charge on any atom is 0.124 e. The van der Waals surface area contributed by atoms with Gasteiger partial charge in [-0.05, 0) is 37.3 Å². The summed E-state index contributed by atoms with van der Waals surface area (Å²) in [6, 6.07) is 15.8. The molecule has 0 unspecified atom stereocenters. The fourth-order valence-corrected chi connectivity index (χ4v) is 1.93. The molecule has 0 heterocycles. The van der Waals surface area contributed by atoms with Gasteiger partial charge in [0.15, 0.2) is 0 Å². The van der Waals surface area contributed by atoms with Crippen LogP contribution in [0.15, 0.2) is 48.5 Å². The van der Waals surface area contributed by atoms with Crippen LogP contribution in [0.5, 0.6) is 5.75 Å². The number of ether oxygens (including phenoxy) is 1. The van der Waals surface area contributed by atoms with Crippen LogP contribution in [0.25, 0.3) is 0 Å². The SMILES string of the molecule is CCOc1ccc(Cl)cc1CNc1ccccc1. The number of hydrogen-bond acceptors (Lipinski definition) is 2. The molecule has 2 aromatic rings. The predicted octanol–water partition coefficient (Wildman–Crippen LogP) is 4.35. The molecular formula is C15H16ClNO. The molecule has 0 amide bonds. The van der Waals surface area contributed by atoms with E-state index in [0.717, 1.165) is 22.0 Å². The average Bonchev–Trinajstić information content (AvgIpc) is 2.40. The monoisotopic (exact) mass is 261 g/mol. The zero-order valence-electron chi connectivity index (χ0n) is 10.3. The van der Waals surface area contributed by atoms with Crippen molar-refractivity contribution in [1.82, 2.24) is 0 Å². The van der Waals surface area contributed by atoms with E-state index in [1.54, 1.807) is 0 Å². The maximum absolute atomic E-state index is 6.02. The van der Waals surface area contributed by atoms with Crippen LogP contribution in [-0.4, -0.2) is 6.61 Å². The Morgan fingerprint density at radius 2 is 1.89 bits per heavy atom. The molecule has 18 heavy (non-hydrogen) atoms. The van der Waals surface area contributed by atoms with Gasteiger partial charge < -0.3 is 10.1 Å². The molecule has 0 atom stereocenters. The first-order chi connectivity index (χ1) is 8.79. The highest BCUT2D eigenvalue weighted by atomic mass is 35.5. The van der Waals surface area contributed by atoms with Crippen LogP contribution in [0.4, 0.5) is 5.69 Å². The summed E-state index contributed by atoms with van der Waals surface area (Å²) in [7, 11) is 0. The Morgan fingerprint density at radius 1 is 1.11 bits per heavy atom. The number of benzene rings is 2. The van der Waals surface area contributed by atoms with Gasteiger partial charge in [0.2, 0.25) is 0 Å². The third-order valence-corrected chi connectivity index (χ3v) is 2.81. The standard InChI is InChI=1S/C15H16ClNO/c1-2-18-15-9-8-13(16)10-12(15)11-17-14-6-4-3-5-7-14/h3-10,17H,2,11H2,1H3. The van der Waals surface area contributed by atoms with E-state index in [4.69, 9.17) is 16.3 Å². The summed E-state index contributed by atoms with van der Waals surface area (Å²) in [4.78, 5) is 0. The molecule has 0 aromatic heterocycles. The van der Waals surface area contributed by atoms with Gasteiger partial charge in [-0.25, -0.2) is 0 Å². The summed E-state index contributed by atoms with van der Waals surface area (Å²) in [5.41, 5.74) is 2.15. The second kappa shape index (κ2) is 6.31. The highest BCUT2D eigenvalue weighted by Gasteiger charge is 2.04. The van der Waals surface area contributed by atoms with Crippen molar-refractivity contribution in [2.45, 2.75) is 13.5 Å². The van der Waals surface area contributed by atoms with Crippen LogP contribution in [0.3, 0.4) is 0 Å². The van der Waals surface area contributed by atoms with Crippen molar-refractivity contribution in [3.8, 4) is 5.75 Å². The molecule has 0 spiro atoms. The van der Waals surface area contributed by atoms with E-state index in [1.165, 1.54) is 0 Å². The molecule has 0 fully saturated rings. The lowest BCUT2D eigenvalue weighted by atomic mass is 10.2. The lowest BCUT2D eigenvalue weighted by molar-refractivity contribution is 0.337. The molecule has 0 aliphatic heterocycles. The maximum atomic E-state index is 6.02. The van der Waals surface area contributed by atoms with Crippen molar-refractivity contribution in [2.24, 2.45) is 0 Å². The van der Waals surface area contributed by atoms with Crippen molar-refractivity contribution in [1.29, 1.82) is 0 Å². The minimum Gasteiger partial charge on any atom is -0.494 e. The largest absolute Gasteiger partial charge is 0.494 e. The predicted molar refractivity (Wildman–Crippen MR) is 76.4 cm³/mol. The number of anilines is 1. The molecule has 94 valence electrons. The normalized spacial score (nSPS) is 10.1. The first-order valence-corrected chi connectivity index (χ1v) is 6.37. The van der Waals surface area contributed by atoms with E-state index >= 15 is 0 Å². The Labute approximate surface area is 113 Å². The zero-order valence-corrected chi connectivity index (χ0v) is 11.1. The van der Waals surface area contributed by atoms with Gasteiger partial charge in [-0.2, -0.15) is 0 Å². The number of para-hydroxylation sites is 1. The second-order valence-corrected chi connectivity index (χ2v) is 4.34. The molecule has 0 radical (unpaired) electrons. The average molecular weight is 262 g/mol. The molecule has 2 rings (SSSR count). The molecule has 3 heteroatoms. The van der Waals surface area contributed by atoms with Crippen LogP contribution in [0, 0.1) is 0 Å². The molecule has 0 aliphatic rings.